The van der Waals surface area contributed by atoms with Gasteiger partial charge in [0.25, 0.3) is 0 Å². The first-order valence-electron chi connectivity index (χ1n) is 7.35. The van der Waals surface area contributed by atoms with Gasteiger partial charge in [-0.25, -0.2) is 0 Å². The van der Waals surface area contributed by atoms with Crippen molar-refractivity contribution < 1.29 is 4.74 Å². The second-order valence-corrected chi connectivity index (χ2v) is 6.86. The van der Waals surface area contributed by atoms with Crippen molar-refractivity contribution in [2.24, 2.45) is 4.99 Å². The molecule has 2 rings (SSSR count). The summed E-state index contributed by atoms with van der Waals surface area (Å²) in [5.74, 6) is 0.909. The van der Waals surface area contributed by atoms with Gasteiger partial charge in [-0.1, -0.05) is 31.7 Å². The van der Waals surface area contributed by atoms with Crippen molar-refractivity contribution >= 4 is 22.6 Å². The molecule has 3 nitrogen and oxygen atoms in total. The van der Waals surface area contributed by atoms with Crippen LogP contribution in [0.1, 0.15) is 40.5 Å². The normalized spacial score (nSPS) is 23.9. The lowest BCUT2D eigenvalue weighted by Gasteiger charge is -2.23. The van der Waals surface area contributed by atoms with Crippen LogP contribution in [0.25, 0.3) is 0 Å². The Bertz CT molecular complexity index is 475. The van der Waals surface area contributed by atoms with Crippen molar-refractivity contribution in [1.82, 2.24) is 0 Å². The number of thioether (sulfide) groups is 1. The van der Waals surface area contributed by atoms with Crippen LogP contribution in [0.5, 0.6) is 5.75 Å². The standard InChI is InChI=1S/C16H24N2OS/c1-5-12(3)19-15-8-6-7-14(10-15)18-16-17-11(2)9-13(4)20-16/h6-8,10-13H,5,9H2,1-4H3,(H,17,18). The number of hydrogen-bond acceptors (Lipinski definition) is 4. The van der Waals surface area contributed by atoms with E-state index in [4.69, 9.17) is 4.74 Å². The molecule has 3 unspecified atom stereocenters. The van der Waals surface area contributed by atoms with E-state index in [9.17, 15) is 0 Å². The van der Waals surface area contributed by atoms with Crippen LogP contribution < -0.4 is 10.1 Å². The van der Waals surface area contributed by atoms with Crippen molar-refractivity contribution in [3.63, 3.8) is 0 Å². The van der Waals surface area contributed by atoms with Gasteiger partial charge < -0.3 is 10.1 Å². The highest BCUT2D eigenvalue weighted by Gasteiger charge is 2.18. The molecule has 3 atom stereocenters. The largest absolute Gasteiger partial charge is 0.491 e. The zero-order chi connectivity index (χ0) is 14.5. The summed E-state index contributed by atoms with van der Waals surface area (Å²) in [7, 11) is 0. The summed E-state index contributed by atoms with van der Waals surface area (Å²) in [6, 6.07) is 8.50. The molecule has 0 bridgehead atoms. The molecule has 1 aliphatic heterocycles. The number of ether oxygens (including phenoxy) is 1. The van der Waals surface area contributed by atoms with E-state index in [1.54, 1.807) is 0 Å². The molecule has 0 spiro atoms. The fourth-order valence-corrected chi connectivity index (χ4v) is 3.32. The summed E-state index contributed by atoms with van der Waals surface area (Å²) in [5, 5.41) is 5.03. The molecular weight excluding hydrogens is 268 g/mol. The monoisotopic (exact) mass is 292 g/mol. The predicted octanol–water partition coefficient (Wildman–Crippen LogP) is 4.55. The van der Waals surface area contributed by atoms with E-state index in [1.165, 1.54) is 0 Å². The minimum absolute atomic E-state index is 0.242. The number of rotatable bonds is 4. The van der Waals surface area contributed by atoms with Crippen LogP contribution in [0.2, 0.25) is 0 Å². The third-order valence-corrected chi connectivity index (χ3v) is 4.35. The highest BCUT2D eigenvalue weighted by atomic mass is 32.2. The molecule has 0 aliphatic carbocycles. The molecule has 0 fully saturated rings. The van der Waals surface area contributed by atoms with Crippen molar-refractivity contribution in [2.45, 2.75) is 57.9 Å². The third kappa shape index (κ3) is 4.44. The average Bonchev–Trinajstić information content (AvgIpc) is 2.37. The molecule has 1 N–H and O–H groups in total. The fraction of sp³-hybridized carbons (Fsp3) is 0.562. The van der Waals surface area contributed by atoms with Gasteiger partial charge in [-0.3, -0.25) is 4.99 Å². The molecular formula is C16H24N2OS. The Balaban J connectivity index is 2.04. The first kappa shape index (κ1) is 15.2. The lowest BCUT2D eigenvalue weighted by Crippen LogP contribution is -2.22. The van der Waals surface area contributed by atoms with Crippen LogP contribution in [-0.2, 0) is 0 Å². The summed E-state index contributed by atoms with van der Waals surface area (Å²) in [6.45, 7) is 8.63. The number of hydrogen-bond donors (Lipinski definition) is 1. The molecule has 0 amide bonds. The maximum absolute atomic E-state index is 5.85. The molecule has 110 valence electrons. The number of amidine groups is 1. The van der Waals surface area contributed by atoms with Gasteiger partial charge in [-0.15, -0.1) is 0 Å². The fourth-order valence-electron chi connectivity index (χ4n) is 2.15. The van der Waals surface area contributed by atoms with E-state index < -0.39 is 0 Å². The Morgan fingerprint density at radius 3 is 2.95 bits per heavy atom. The van der Waals surface area contributed by atoms with E-state index in [0.29, 0.717) is 11.3 Å². The van der Waals surface area contributed by atoms with Crippen LogP contribution in [0.4, 0.5) is 5.69 Å². The summed E-state index contributed by atoms with van der Waals surface area (Å²) >= 11 is 1.81. The van der Waals surface area contributed by atoms with Gasteiger partial charge >= 0.3 is 0 Å². The molecule has 1 aliphatic rings. The molecule has 0 aromatic heterocycles. The quantitative estimate of drug-likeness (QED) is 0.884. The summed E-state index contributed by atoms with van der Waals surface area (Å²) < 4.78 is 5.85. The number of anilines is 1. The number of nitrogens with zero attached hydrogens (tertiary/aromatic N) is 1. The van der Waals surface area contributed by atoms with Gasteiger partial charge in [0.15, 0.2) is 5.17 Å². The first-order valence-corrected chi connectivity index (χ1v) is 8.23. The maximum Gasteiger partial charge on any atom is 0.161 e. The molecule has 1 heterocycles. The Morgan fingerprint density at radius 2 is 2.25 bits per heavy atom. The molecule has 0 saturated carbocycles. The SMILES string of the molecule is CCC(C)Oc1cccc(NC2=NC(C)CC(C)S2)c1. The zero-order valence-corrected chi connectivity index (χ0v) is 13.5. The second kappa shape index (κ2) is 7.02. The number of aliphatic imine (C=N–C) groups is 1. The minimum Gasteiger partial charge on any atom is -0.491 e. The second-order valence-electron chi connectivity index (χ2n) is 5.44. The molecule has 4 heteroatoms. The van der Waals surface area contributed by atoms with E-state index in [1.807, 2.05) is 30.0 Å². The van der Waals surface area contributed by atoms with Crippen LogP contribution in [0.15, 0.2) is 29.3 Å². The van der Waals surface area contributed by atoms with Crippen molar-refractivity contribution in [2.75, 3.05) is 5.32 Å². The highest BCUT2D eigenvalue weighted by molar-refractivity contribution is 8.14. The van der Waals surface area contributed by atoms with Gasteiger partial charge in [0, 0.05) is 17.0 Å². The summed E-state index contributed by atoms with van der Waals surface area (Å²) in [5.41, 5.74) is 1.04. The van der Waals surface area contributed by atoms with Crippen LogP contribution in [0, 0.1) is 0 Å². The van der Waals surface area contributed by atoms with Gasteiger partial charge in [0.05, 0.1) is 12.1 Å². The first-order chi connectivity index (χ1) is 9.56. The van der Waals surface area contributed by atoms with Gasteiger partial charge in [0.2, 0.25) is 0 Å². The van der Waals surface area contributed by atoms with Gasteiger partial charge in [0.1, 0.15) is 5.75 Å². The average molecular weight is 292 g/mol. The van der Waals surface area contributed by atoms with Gasteiger partial charge in [-0.05, 0) is 38.8 Å². The smallest absolute Gasteiger partial charge is 0.161 e. The molecule has 1 aromatic rings. The van der Waals surface area contributed by atoms with E-state index in [0.717, 1.165) is 29.4 Å². The number of nitrogens with one attached hydrogen (secondary N) is 1. The summed E-state index contributed by atoms with van der Waals surface area (Å²) in [4.78, 5) is 4.66. The Kier molecular flexibility index (Phi) is 5.35. The molecule has 1 aromatic carbocycles. The van der Waals surface area contributed by atoms with Gasteiger partial charge in [-0.2, -0.15) is 0 Å². The van der Waals surface area contributed by atoms with Crippen LogP contribution in [0.3, 0.4) is 0 Å². The predicted molar refractivity (Wildman–Crippen MR) is 89.0 cm³/mol. The molecule has 20 heavy (non-hydrogen) atoms. The Hall–Kier alpha value is -1.16. The van der Waals surface area contributed by atoms with E-state index in [2.05, 4.69) is 44.1 Å². The van der Waals surface area contributed by atoms with Crippen LogP contribution >= 0.6 is 11.8 Å². The lowest BCUT2D eigenvalue weighted by atomic mass is 10.2. The topological polar surface area (TPSA) is 33.6 Å². The zero-order valence-electron chi connectivity index (χ0n) is 12.7. The molecule has 0 radical (unpaired) electrons. The van der Waals surface area contributed by atoms with E-state index >= 15 is 0 Å². The Labute approximate surface area is 126 Å². The van der Waals surface area contributed by atoms with Crippen molar-refractivity contribution in [1.29, 1.82) is 0 Å². The van der Waals surface area contributed by atoms with Crippen LogP contribution in [-0.4, -0.2) is 22.6 Å². The van der Waals surface area contributed by atoms with E-state index in [-0.39, 0.29) is 6.10 Å². The molecule has 0 saturated heterocycles. The van der Waals surface area contributed by atoms with Crippen molar-refractivity contribution in [3.05, 3.63) is 24.3 Å². The minimum atomic E-state index is 0.242. The van der Waals surface area contributed by atoms with Crippen molar-refractivity contribution in [3.8, 4) is 5.75 Å². The Morgan fingerprint density at radius 1 is 1.45 bits per heavy atom. The number of benzene rings is 1. The lowest BCUT2D eigenvalue weighted by molar-refractivity contribution is 0.217. The summed E-state index contributed by atoms with van der Waals surface area (Å²) in [6.07, 6.45) is 2.40. The maximum atomic E-state index is 5.85. The highest BCUT2D eigenvalue weighted by Crippen LogP contribution is 2.27. The third-order valence-electron chi connectivity index (χ3n) is 3.32.